The molecule has 0 rings (SSSR count). The van der Waals surface area contributed by atoms with Crippen molar-refractivity contribution in [3.8, 4) is 0 Å². The number of hydroxylamine groups is 2. The smallest absolute Gasteiger partial charge is 0.0404 e. The first-order valence-corrected chi connectivity index (χ1v) is 11.0. The highest BCUT2D eigenvalue weighted by atomic mass is 16.5. The maximum Gasteiger partial charge on any atom is 0.0404 e. The lowest BCUT2D eigenvalue weighted by atomic mass is 9.95. The Balaban J connectivity index is 3.55. The van der Waals surface area contributed by atoms with E-state index in [1.54, 1.807) is 5.06 Å². The van der Waals surface area contributed by atoms with E-state index < -0.39 is 0 Å². The van der Waals surface area contributed by atoms with Gasteiger partial charge in [-0.25, -0.2) is 0 Å². The molecule has 0 bridgehead atoms. The molecule has 2 heteroatoms. The fourth-order valence-corrected chi connectivity index (χ4v) is 3.34. The number of hydrogen-bond acceptors (Lipinski definition) is 2. The van der Waals surface area contributed by atoms with Gasteiger partial charge in [-0.05, 0) is 26.7 Å². The molecule has 0 aromatic rings. The van der Waals surface area contributed by atoms with Gasteiger partial charge in [0.25, 0.3) is 0 Å². The summed E-state index contributed by atoms with van der Waals surface area (Å²) in [7, 11) is 0. The Morgan fingerprint density at radius 1 is 0.583 bits per heavy atom. The zero-order valence-electron chi connectivity index (χ0n) is 17.4. The molecule has 24 heavy (non-hydrogen) atoms. The van der Waals surface area contributed by atoms with Gasteiger partial charge in [0.1, 0.15) is 0 Å². The lowest BCUT2D eigenvalue weighted by Crippen LogP contribution is -2.42. The quantitative estimate of drug-likeness (QED) is 0.203. The molecule has 0 heterocycles. The molecule has 0 saturated heterocycles. The lowest BCUT2D eigenvalue weighted by Gasteiger charge is -2.33. The Labute approximate surface area is 153 Å². The van der Waals surface area contributed by atoms with E-state index in [0.29, 0.717) is 0 Å². The Bertz CT molecular complexity index is 252. The third-order valence-corrected chi connectivity index (χ3v) is 5.31. The zero-order chi connectivity index (χ0) is 18.1. The van der Waals surface area contributed by atoms with E-state index in [0.717, 1.165) is 19.4 Å². The maximum atomic E-state index is 10.4. The summed E-state index contributed by atoms with van der Waals surface area (Å²) in [5.74, 6) is 0. The van der Waals surface area contributed by atoms with Crippen LogP contribution in [0, 0.1) is 0 Å². The van der Waals surface area contributed by atoms with Gasteiger partial charge in [-0.2, -0.15) is 5.06 Å². The molecule has 0 unspecified atom stereocenters. The largest absolute Gasteiger partial charge is 0.313 e. The fraction of sp³-hybridized carbons (Fsp3) is 1.00. The average Bonchev–Trinajstić information content (AvgIpc) is 2.56. The van der Waals surface area contributed by atoms with Gasteiger partial charge in [-0.3, -0.25) is 0 Å². The zero-order valence-corrected chi connectivity index (χ0v) is 17.4. The molecule has 0 aliphatic carbocycles. The summed E-state index contributed by atoms with van der Waals surface area (Å²) in [6.07, 6.45) is 21.1. The SMILES string of the molecule is CCCCCCCCCCN(O)C(C)(C)CCCCCCCCC. The molecule has 0 spiro atoms. The van der Waals surface area contributed by atoms with E-state index in [-0.39, 0.29) is 5.54 Å². The van der Waals surface area contributed by atoms with Crippen LogP contribution in [0.2, 0.25) is 0 Å². The number of nitrogens with zero attached hydrogens (tertiary/aromatic N) is 1. The van der Waals surface area contributed by atoms with Gasteiger partial charge >= 0.3 is 0 Å². The van der Waals surface area contributed by atoms with E-state index >= 15 is 0 Å². The van der Waals surface area contributed by atoms with Crippen molar-refractivity contribution in [1.82, 2.24) is 5.06 Å². The van der Waals surface area contributed by atoms with Crippen molar-refractivity contribution in [3.05, 3.63) is 0 Å². The Morgan fingerprint density at radius 3 is 1.42 bits per heavy atom. The molecular formula is C22H47NO. The van der Waals surface area contributed by atoms with Crippen LogP contribution in [0.5, 0.6) is 0 Å². The van der Waals surface area contributed by atoms with Crippen molar-refractivity contribution in [2.75, 3.05) is 6.54 Å². The third kappa shape index (κ3) is 14.3. The predicted molar refractivity (Wildman–Crippen MR) is 108 cm³/mol. The molecule has 1 N–H and O–H groups in total. The van der Waals surface area contributed by atoms with E-state index in [1.165, 1.54) is 89.9 Å². The fourth-order valence-electron chi connectivity index (χ4n) is 3.34. The molecule has 0 aliphatic heterocycles. The summed E-state index contributed by atoms with van der Waals surface area (Å²) in [6.45, 7) is 9.75. The molecule has 2 nitrogen and oxygen atoms in total. The van der Waals surface area contributed by atoms with Crippen LogP contribution in [0.3, 0.4) is 0 Å². The maximum absolute atomic E-state index is 10.4. The second-order valence-electron chi connectivity index (χ2n) is 8.28. The first-order valence-electron chi connectivity index (χ1n) is 11.0. The van der Waals surface area contributed by atoms with Gasteiger partial charge in [-0.1, -0.05) is 104 Å². The van der Waals surface area contributed by atoms with E-state index in [4.69, 9.17) is 0 Å². The molecule has 0 aromatic carbocycles. The van der Waals surface area contributed by atoms with Crippen LogP contribution < -0.4 is 0 Å². The van der Waals surface area contributed by atoms with Crippen LogP contribution in [0.4, 0.5) is 0 Å². The van der Waals surface area contributed by atoms with Crippen molar-refractivity contribution >= 4 is 0 Å². The first-order chi connectivity index (χ1) is 11.5. The van der Waals surface area contributed by atoms with Crippen LogP contribution in [0.1, 0.15) is 130 Å². The summed E-state index contributed by atoms with van der Waals surface area (Å²) in [5, 5.41) is 12.0. The molecule has 0 aliphatic rings. The van der Waals surface area contributed by atoms with Gasteiger partial charge in [0.05, 0.1) is 0 Å². The second-order valence-corrected chi connectivity index (χ2v) is 8.28. The van der Waals surface area contributed by atoms with E-state index in [1.807, 2.05) is 0 Å². The molecule has 146 valence electrons. The minimum Gasteiger partial charge on any atom is -0.313 e. The van der Waals surface area contributed by atoms with Gasteiger partial charge in [0.15, 0.2) is 0 Å². The number of unbranched alkanes of at least 4 members (excludes halogenated alkanes) is 13. The van der Waals surface area contributed by atoms with Gasteiger partial charge < -0.3 is 5.21 Å². The number of hydrogen-bond donors (Lipinski definition) is 1. The molecule has 0 aromatic heterocycles. The minimum atomic E-state index is -0.0649. The van der Waals surface area contributed by atoms with Crippen molar-refractivity contribution < 1.29 is 5.21 Å². The molecular weight excluding hydrogens is 294 g/mol. The first kappa shape index (κ1) is 23.9. The predicted octanol–water partition coefficient (Wildman–Crippen LogP) is 7.74. The Hall–Kier alpha value is -0.0800. The third-order valence-electron chi connectivity index (χ3n) is 5.31. The normalized spacial score (nSPS) is 12.2. The summed E-state index contributed by atoms with van der Waals surface area (Å²) in [5.41, 5.74) is -0.0649. The number of rotatable bonds is 18. The lowest BCUT2D eigenvalue weighted by molar-refractivity contribution is -0.165. The standard InChI is InChI=1S/C22H47NO/c1-5-7-9-11-13-15-17-19-21-23(24)22(3,4)20-18-16-14-12-10-8-6-2/h24H,5-21H2,1-4H3. The summed E-state index contributed by atoms with van der Waals surface area (Å²) in [6, 6.07) is 0. The Morgan fingerprint density at radius 2 is 0.958 bits per heavy atom. The van der Waals surface area contributed by atoms with E-state index in [9.17, 15) is 5.21 Å². The van der Waals surface area contributed by atoms with E-state index in [2.05, 4.69) is 27.7 Å². The van der Waals surface area contributed by atoms with Crippen molar-refractivity contribution in [1.29, 1.82) is 0 Å². The highest BCUT2D eigenvalue weighted by molar-refractivity contribution is 4.76. The average molecular weight is 342 g/mol. The summed E-state index contributed by atoms with van der Waals surface area (Å²) < 4.78 is 0. The van der Waals surface area contributed by atoms with Crippen LogP contribution in [-0.4, -0.2) is 22.4 Å². The van der Waals surface area contributed by atoms with Gasteiger partial charge in [0.2, 0.25) is 0 Å². The molecule has 0 fully saturated rings. The van der Waals surface area contributed by atoms with Crippen LogP contribution in [-0.2, 0) is 0 Å². The Kier molecular flexibility index (Phi) is 16.3. The molecule has 0 radical (unpaired) electrons. The summed E-state index contributed by atoms with van der Waals surface area (Å²) in [4.78, 5) is 0. The van der Waals surface area contributed by atoms with Crippen LogP contribution in [0.15, 0.2) is 0 Å². The van der Waals surface area contributed by atoms with Gasteiger partial charge in [-0.15, -0.1) is 0 Å². The molecule has 0 saturated carbocycles. The second kappa shape index (κ2) is 16.4. The van der Waals surface area contributed by atoms with Crippen molar-refractivity contribution in [3.63, 3.8) is 0 Å². The van der Waals surface area contributed by atoms with Crippen LogP contribution in [0.25, 0.3) is 0 Å². The molecule has 0 atom stereocenters. The molecule has 0 amide bonds. The highest BCUT2D eigenvalue weighted by Crippen LogP contribution is 2.22. The summed E-state index contributed by atoms with van der Waals surface area (Å²) >= 11 is 0. The van der Waals surface area contributed by atoms with Crippen molar-refractivity contribution in [2.24, 2.45) is 0 Å². The monoisotopic (exact) mass is 341 g/mol. The van der Waals surface area contributed by atoms with Crippen LogP contribution >= 0.6 is 0 Å². The van der Waals surface area contributed by atoms with Crippen molar-refractivity contribution in [2.45, 2.75) is 136 Å². The minimum absolute atomic E-state index is 0.0649. The topological polar surface area (TPSA) is 23.5 Å². The van der Waals surface area contributed by atoms with Gasteiger partial charge in [0, 0.05) is 12.1 Å². The highest BCUT2D eigenvalue weighted by Gasteiger charge is 2.24.